The average molecular weight is 261 g/mol. The summed E-state index contributed by atoms with van der Waals surface area (Å²) in [4.78, 5) is 11.2. The first-order chi connectivity index (χ1) is 9.22. The molecule has 4 nitrogen and oxygen atoms in total. The molecule has 1 N–H and O–H groups in total. The second-order valence-electron chi connectivity index (χ2n) is 6.13. The zero-order chi connectivity index (χ0) is 13.3. The van der Waals surface area contributed by atoms with E-state index >= 15 is 0 Å². The summed E-state index contributed by atoms with van der Waals surface area (Å²) in [7, 11) is 0. The molecule has 2 heterocycles. The third-order valence-corrected chi connectivity index (χ3v) is 4.89. The molecule has 1 spiro atoms. The van der Waals surface area contributed by atoms with Crippen molar-refractivity contribution in [1.29, 1.82) is 0 Å². The van der Waals surface area contributed by atoms with E-state index in [1.807, 2.05) is 6.92 Å². The summed E-state index contributed by atoms with van der Waals surface area (Å²) < 4.78 is 0. The van der Waals surface area contributed by atoms with Gasteiger partial charge in [-0.3, -0.25) is 4.98 Å². The normalized spacial score (nSPS) is 22.1. The van der Waals surface area contributed by atoms with Crippen LogP contribution < -0.4 is 4.90 Å². The van der Waals surface area contributed by atoms with Gasteiger partial charge in [0.25, 0.3) is 0 Å². The van der Waals surface area contributed by atoms with E-state index in [1.54, 1.807) is 6.20 Å². The molecule has 1 aliphatic heterocycles. The van der Waals surface area contributed by atoms with E-state index in [-0.39, 0.29) is 6.61 Å². The third kappa shape index (κ3) is 2.46. The molecule has 0 amide bonds. The van der Waals surface area contributed by atoms with Crippen LogP contribution >= 0.6 is 0 Å². The van der Waals surface area contributed by atoms with E-state index in [2.05, 4.69) is 14.9 Å². The Labute approximate surface area is 114 Å². The molecule has 0 unspecified atom stereocenters. The van der Waals surface area contributed by atoms with Crippen molar-refractivity contribution in [3.8, 4) is 0 Å². The molecule has 0 atom stereocenters. The Hall–Kier alpha value is -1.16. The fourth-order valence-corrected chi connectivity index (χ4v) is 3.67. The van der Waals surface area contributed by atoms with Gasteiger partial charge in [-0.15, -0.1) is 0 Å². The van der Waals surface area contributed by atoms with Crippen LogP contribution in [0, 0.1) is 12.3 Å². The molecule has 0 radical (unpaired) electrons. The summed E-state index contributed by atoms with van der Waals surface area (Å²) in [6.45, 7) is 4.06. The monoisotopic (exact) mass is 261 g/mol. The number of aliphatic hydroxyl groups is 1. The summed E-state index contributed by atoms with van der Waals surface area (Å²) in [5.41, 5.74) is 2.26. The second-order valence-corrected chi connectivity index (χ2v) is 6.13. The van der Waals surface area contributed by atoms with E-state index in [1.165, 1.54) is 38.5 Å². The van der Waals surface area contributed by atoms with Gasteiger partial charge in [-0.25, -0.2) is 4.98 Å². The van der Waals surface area contributed by atoms with Crippen molar-refractivity contribution in [3.05, 3.63) is 17.6 Å². The molecule has 0 bridgehead atoms. The Kier molecular flexibility index (Phi) is 3.44. The van der Waals surface area contributed by atoms with Gasteiger partial charge in [-0.1, -0.05) is 12.8 Å². The Morgan fingerprint density at radius 3 is 2.53 bits per heavy atom. The summed E-state index contributed by atoms with van der Waals surface area (Å²) in [6, 6.07) is 0. The summed E-state index contributed by atoms with van der Waals surface area (Å²) in [5.74, 6) is 0.898. The molecule has 2 aliphatic rings. The molecular formula is C15H23N3O. The molecule has 0 aromatic carbocycles. The maximum absolute atomic E-state index is 9.42. The predicted octanol–water partition coefficient (Wildman–Crippen LogP) is 2.44. The van der Waals surface area contributed by atoms with Crippen LogP contribution in [0.1, 0.15) is 49.9 Å². The molecule has 104 valence electrons. The Morgan fingerprint density at radius 1 is 1.21 bits per heavy atom. The first-order valence-electron chi connectivity index (χ1n) is 7.41. The van der Waals surface area contributed by atoms with Gasteiger partial charge in [0.15, 0.2) is 5.82 Å². The number of anilines is 1. The lowest BCUT2D eigenvalue weighted by Crippen LogP contribution is -2.40. The standard InChI is InChI=1S/C15H23N3O/c1-12-10-16-13(11-19)14(17-12)18-8-6-15(7-9-18)4-2-3-5-15/h10,19H,2-9,11H2,1H3. The van der Waals surface area contributed by atoms with Gasteiger partial charge in [-0.2, -0.15) is 0 Å². The lowest BCUT2D eigenvalue weighted by Gasteiger charge is -2.40. The van der Waals surface area contributed by atoms with Crippen LogP contribution in [0.2, 0.25) is 0 Å². The summed E-state index contributed by atoms with van der Waals surface area (Å²) >= 11 is 0. The highest BCUT2D eigenvalue weighted by molar-refractivity contribution is 5.44. The van der Waals surface area contributed by atoms with Gasteiger partial charge in [0.05, 0.1) is 12.3 Å². The lowest BCUT2D eigenvalue weighted by molar-refractivity contribution is 0.225. The second kappa shape index (κ2) is 5.08. The van der Waals surface area contributed by atoms with Gasteiger partial charge >= 0.3 is 0 Å². The molecule has 1 saturated heterocycles. The largest absolute Gasteiger partial charge is 0.390 e. The minimum atomic E-state index is -0.0236. The van der Waals surface area contributed by atoms with Crippen LogP contribution in [0.5, 0.6) is 0 Å². The molecule has 4 heteroatoms. The van der Waals surface area contributed by atoms with E-state index < -0.39 is 0 Å². The van der Waals surface area contributed by atoms with Crippen molar-refractivity contribution in [3.63, 3.8) is 0 Å². The van der Waals surface area contributed by atoms with Crippen molar-refractivity contribution < 1.29 is 5.11 Å². The number of aryl methyl sites for hydroxylation is 1. The fraction of sp³-hybridized carbons (Fsp3) is 0.733. The molecule has 1 aromatic heterocycles. The SMILES string of the molecule is Cc1cnc(CO)c(N2CCC3(CCCC3)CC2)n1. The lowest BCUT2D eigenvalue weighted by atomic mass is 9.77. The fourth-order valence-electron chi connectivity index (χ4n) is 3.67. The van der Waals surface area contributed by atoms with Crippen molar-refractivity contribution in [1.82, 2.24) is 9.97 Å². The van der Waals surface area contributed by atoms with E-state index in [9.17, 15) is 5.11 Å². The Balaban J connectivity index is 1.76. The number of hydrogen-bond donors (Lipinski definition) is 1. The zero-order valence-corrected chi connectivity index (χ0v) is 11.7. The van der Waals surface area contributed by atoms with Crippen LogP contribution in [0.15, 0.2) is 6.20 Å². The van der Waals surface area contributed by atoms with E-state index in [4.69, 9.17) is 0 Å². The summed E-state index contributed by atoms with van der Waals surface area (Å²) in [6.07, 6.45) is 9.91. The zero-order valence-electron chi connectivity index (χ0n) is 11.7. The minimum absolute atomic E-state index is 0.0236. The Morgan fingerprint density at radius 2 is 1.89 bits per heavy atom. The number of piperidine rings is 1. The van der Waals surface area contributed by atoms with Crippen LogP contribution in [-0.4, -0.2) is 28.2 Å². The first-order valence-corrected chi connectivity index (χ1v) is 7.41. The molecule has 1 aliphatic carbocycles. The number of aliphatic hydroxyl groups excluding tert-OH is 1. The van der Waals surface area contributed by atoms with Gasteiger partial charge in [0, 0.05) is 19.3 Å². The van der Waals surface area contributed by atoms with Gasteiger partial charge < -0.3 is 10.0 Å². The van der Waals surface area contributed by atoms with Gasteiger partial charge in [-0.05, 0) is 38.0 Å². The number of rotatable bonds is 2. The van der Waals surface area contributed by atoms with Crippen molar-refractivity contribution >= 4 is 5.82 Å². The maximum atomic E-state index is 9.42. The average Bonchev–Trinajstić information content (AvgIpc) is 2.88. The van der Waals surface area contributed by atoms with Crippen LogP contribution in [0.3, 0.4) is 0 Å². The number of hydrogen-bond acceptors (Lipinski definition) is 4. The minimum Gasteiger partial charge on any atom is -0.390 e. The van der Waals surface area contributed by atoms with Crippen LogP contribution in [0.4, 0.5) is 5.82 Å². The highest BCUT2D eigenvalue weighted by atomic mass is 16.3. The van der Waals surface area contributed by atoms with Crippen molar-refractivity contribution in [2.75, 3.05) is 18.0 Å². The first kappa shape index (κ1) is 12.9. The van der Waals surface area contributed by atoms with Crippen molar-refractivity contribution in [2.45, 2.75) is 52.1 Å². The van der Waals surface area contributed by atoms with Crippen LogP contribution in [-0.2, 0) is 6.61 Å². The number of aromatic nitrogens is 2. The highest BCUT2D eigenvalue weighted by Crippen LogP contribution is 2.46. The third-order valence-electron chi connectivity index (χ3n) is 4.89. The Bertz CT molecular complexity index is 445. The van der Waals surface area contributed by atoms with Crippen molar-refractivity contribution in [2.24, 2.45) is 5.41 Å². The molecule has 3 rings (SSSR count). The highest BCUT2D eigenvalue weighted by Gasteiger charge is 2.37. The van der Waals surface area contributed by atoms with Gasteiger partial charge in [0.1, 0.15) is 5.69 Å². The molecule has 1 aromatic rings. The molecule has 1 saturated carbocycles. The van der Waals surface area contributed by atoms with E-state index in [0.29, 0.717) is 11.1 Å². The predicted molar refractivity (Wildman–Crippen MR) is 75.0 cm³/mol. The number of nitrogens with zero attached hydrogens (tertiary/aromatic N) is 3. The quantitative estimate of drug-likeness (QED) is 0.888. The van der Waals surface area contributed by atoms with E-state index in [0.717, 1.165) is 24.6 Å². The molecule has 2 fully saturated rings. The summed E-state index contributed by atoms with van der Waals surface area (Å²) in [5, 5.41) is 9.42. The molecular weight excluding hydrogens is 238 g/mol. The smallest absolute Gasteiger partial charge is 0.153 e. The van der Waals surface area contributed by atoms with Gasteiger partial charge in [0.2, 0.25) is 0 Å². The topological polar surface area (TPSA) is 49.3 Å². The maximum Gasteiger partial charge on any atom is 0.153 e. The molecule has 19 heavy (non-hydrogen) atoms. The van der Waals surface area contributed by atoms with Crippen LogP contribution in [0.25, 0.3) is 0 Å².